The smallest absolute Gasteiger partial charge is 0.223 e. The van der Waals surface area contributed by atoms with Gasteiger partial charge in [0, 0.05) is 13.0 Å². The highest BCUT2D eigenvalue weighted by molar-refractivity contribution is 8.00. The minimum atomic E-state index is -0.444. The molecule has 2 aromatic heterocycles. The van der Waals surface area contributed by atoms with Crippen LogP contribution in [0.1, 0.15) is 26.1 Å². The minimum absolute atomic E-state index is 0.271. The largest absolute Gasteiger partial charge is 0.354 e. The van der Waals surface area contributed by atoms with Gasteiger partial charge in [-0.05, 0) is 29.7 Å². The first-order chi connectivity index (χ1) is 9.22. The fourth-order valence-electron chi connectivity index (χ4n) is 1.25. The fraction of sp³-hybridized carbons (Fsp3) is 0.455. The summed E-state index contributed by atoms with van der Waals surface area (Å²) in [5.74, 6) is 0.762. The standard InChI is InChI=1S/C11H14FN5S2/c1-3-5-13-10-14-6-7(12)9(16-10)18-11-15-8(4-2)17-19-11/h6H,3-5H2,1-2H3,(H,13,14,16). The molecule has 0 unspecified atom stereocenters. The molecule has 102 valence electrons. The van der Waals surface area contributed by atoms with Crippen molar-refractivity contribution in [3.8, 4) is 0 Å². The third-order valence-electron chi connectivity index (χ3n) is 2.19. The molecule has 0 aromatic carbocycles. The zero-order chi connectivity index (χ0) is 13.7. The highest BCUT2D eigenvalue weighted by atomic mass is 32.2. The summed E-state index contributed by atoms with van der Waals surface area (Å²) in [5, 5.41) is 3.30. The van der Waals surface area contributed by atoms with Gasteiger partial charge in [-0.1, -0.05) is 13.8 Å². The second kappa shape index (κ2) is 6.76. The zero-order valence-corrected chi connectivity index (χ0v) is 12.3. The Kier molecular flexibility index (Phi) is 5.03. The van der Waals surface area contributed by atoms with Crippen LogP contribution in [0.4, 0.5) is 10.3 Å². The molecule has 0 aliphatic carbocycles. The maximum atomic E-state index is 13.6. The molecular formula is C11H14FN5S2. The molecule has 0 atom stereocenters. The van der Waals surface area contributed by atoms with Gasteiger partial charge in [-0.3, -0.25) is 0 Å². The molecule has 0 spiro atoms. The van der Waals surface area contributed by atoms with Gasteiger partial charge in [-0.2, -0.15) is 4.37 Å². The summed E-state index contributed by atoms with van der Waals surface area (Å²) in [6.07, 6.45) is 2.90. The normalized spacial score (nSPS) is 10.7. The highest BCUT2D eigenvalue weighted by Gasteiger charge is 2.12. The Balaban J connectivity index is 2.13. The lowest BCUT2D eigenvalue weighted by molar-refractivity contribution is 0.579. The van der Waals surface area contributed by atoms with E-state index in [9.17, 15) is 4.39 Å². The van der Waals surface area contributed by atoms with Crippen molar-refractivity contribution in [2.45, 2.75) is 36.1 Å². The monoisotopic (exact) mass is 299 g/mol. The molecule has 2 heterocycles. The fourth-order valence-corrected chi connectivity index (χ4v) is 2.85. The van der Waals surface area contributed by atoms with Crippen LogP contribution in [0.2, 0.25) is 0 Å². The van der Waals surface area contributed by atoms with E-state index in [1.54, 1.807) is 0 Å². The van der Waals surface area contributed by atoms with Crippen molar-refractivity contribution in [2.24, 2.45) is 0 Å². The summed E-state index contributed by atoms with van der Waals surface area (Å²) in [6.45, 7) is 4.78. The van der Waals surface area contributed by atoms with Gasteiger partial charge < -0.3 is 5.32 Å². The van der Waals surface area contributed by atoms with Gasteiger partial charge in [0.2, 0.25) is 5.95 Å². The van der Waals surface area contributed by atoms with Crippen LogP contribution in [0, 0.1) is 5.82 Å². The van der Waals surface area contributed by atoms with Crippen molar-refractivity contribution in [3.05, 3.63) is 17.8 Å². The van der Waals surface area contributed by atoms with E-state index in [1.165, 1.54) is 29.5 Å². The van der Waals surface area contributed by atoms with Crippen molar-refractivity contribution in [2.75, 3.05) is 11.9 Å². The number of nitrogens with one attached hydrogen (secondary N) is 1. The SMILES string of the molecule is CCCNc1ncc(F)c(Sc2nc(CC)ns2)n1. The zero-order valence-electron chi connectivity index (χ0n) is 10.7. The Hall–Kier alpha value is -1.28. The average Bonchev–Trinajstić information content (AvgIpc) is 2.87. The van der Waals surface area contributed by atoms with E-state index < -0.39 is 5.82 Å². The Labute approximate surface area is 119 Å². The number of nitrogens with zero attached hydrogens (tertiary/aromatic N) is 4. The van der Waals surface area contributed by atoms with Crippen LogP contribution in [-0.2, 0) is 6.42 Å². The van der Waals surface area contributed by atoms with E-state index in [2.05, 4.69) is 24.6 Å². The molecule has 19 heavy (non-hydrogen) atoms. The molecule has 0 aliphatic rings. The molecule has 2 aromatic rings. The maximum absolute atomic E-state index is 13.6. The molecule has 0 bridgehead atoms. The quantitative estimate of drug-likeness (QED) is 0.827. The van der Waals surface area contributed by atoms with Gasteiger partial charge in [-0.15, -0.1) is 0 Å². The van der Waals surface area contributed by atoms with Gasteiger partial charge in [0.15, 0.2) is 10.2 Å². The van der Waals surface area contributed by atoms with Crippen LogP contribution < -0.4 is 5.32 Å². The number of rotatable bonds is 6. The number of aryl methyl sites for hydroxylation is 1. The predicted molar refractivity (Wildman–Crippen MR) is 74.2 cm³/mol. The van der Waals surface area contributed by atoms with Gasteiger partial charge >= 0.3 is 0 Å². The highest BCUT2D eigenvalue weighted by Crippen LogP contribution is 2.29. The van der Waals surface area contributed by atoms with Crippen LogP contribution in [0.25, 0.3) is 0 Å². The van der Waals surface area contributed by atoms with Crippen LogP contribution >= 0.6 is 23.3 Å². The molecule has 0 radical (unpaired) electrons. The van der Waals surface area contributed by atoms with E-state index in [0.717, 1.165) is 25.2 Å². The summed E-state index contributed by atoms with van der Waals surface area (Å²) in [4.78, 5) is 12.3. The number of halogens is 1. The molecule has 0 saturated carbocycles. The first-order valence-electron chi connectivity index (χ1n) is 5.99. The minimum Gasteiger partial charge on any atom is -0.354 e. The van der Waals surface area contributed by atoms with Crippen molar-refractivity contribution < 1.29 is 4.39 Å². The molecule has 0 aliphatic heterocycles. The van der Waals surface area contributed by atoms with Crippen molar-refractivity contribution >= 4 is 29.2 Å². The van der Waals surface area contributed by atoms with Crippen molar-refractivity contribution in [3.63, 3.8) is 0 Å². The molecule has 0 saturated heterocycles. The van der Waals surface area contributed by atoms with E-state index in [4.69, 9.17) is 0 Å². The van der Waals surface area contributed by atoms with E-state index in [1.807, 2.05) is 13.8 Å². The summed E-state index contributed by atoms with van der Waals surface area (Å²) < 4.78 is 18.5. The summed E-state index contributed by atoms with van der Waals surface area (Å²) in [5.41, 5.74) is 0. The average molecular weight is 299 g/mol. The summed E-state index contributed by atoms with van der Waals surface area (Å²) in [7, 11) is 0. The van der Waals surface area contributed by atoms with E-state index >= 15 is 0 Å². The summed E-state index contributed by atoms with van der Waals surface area (Å²) in [6, 6.07) is 0. The molecule has 0 amide bonds. The van der Waals surface area contributed by atoms with Gasteiger partial charge in [0.25, 0.3) is 0 Å². The second-order valence-corrected chi connectivity index (χ2v) is 5.69. The van der Waals surface area contributed by atoms with Gasteiger partial charge in [-0.25, -0.2) is 19.3 Å². The van der Waals surface area contributed by atoms with Crippen LogP contribution in [-0.4, -0.2) is 25.9 Å². The molecule has 8 heteroatoms. The molecule has 2 rings (SSSR count). The van der Waals surface area contributed by atoms with Crippen LogP contribution in [0.15, 0.2) is 15.6 Å². The van der Waals surface area contributed by atoms with Crippen LogP contribution in [0.3, 0.4) is 0 Å². The maximum Gasteiger partial charge on any atom is 0.223 e. The van der Waals surface area contributed by atoms with Gasteiger partial charge in [0.1, 0.15) is 10.9 Å². The van der Waals surface area contributed by atoms with Crippen molar-refractivity contribution in [1.29, 1.82) is 0 Å². The lowest BCUT2D eigenvalue weighted by atomic mass is 10.5. The lowest BCUT2D eigenvalue weighted by Crippen LogP contribution is -2.05. The molecule has 5 nitrogen and oxygen atoms in total. The predicted octanol–water partition coefficient (Wildman–Crippen LogP) is 3.00. The summed E-state index contributed by atoms with van der Waals surface area (Å²) >= 11 is 2.43. The van der Waals surface area contributed by atoms with Crippen molar-refractivity contribution in [1.82, 2.24) is 19.3 Å². The molecule has 1 N–H and O–H groups in total. The third kappa shape index (κ3) is 3.84. The van der Waals surface area contributed by atoms with Gasteiger partial charge in [0.05, 0.1) is 6.20 Å². The Morgan fingerprint density at radius 3 is 2.89 bits per heavy atom. The molecular weight excluding hydrogens is 285 g/mol. The van der Waals surface area contributed by atoms with E-state index in [0.29, 0.717) is 10.3 Å². The van der Waals surface area contributed by atoms with Crippen LogP contribution in [0.5, 0.6) is 0 Å². The third-order valence-corrected chi connectivity index (χ3v) is 3.96. The lowest BCUT2D eigenvalue weighted by Gasteiger charge is -2.04. The topological polar surface area (TPSA) is 63.6 Å². The Morgan fingerprint density at radius 2 is 2.21 bits per heavy atom. The second-order valence-electron chi connectivity index (χ2n) is 3.71. The number of aromatic nitrogens is 4. The number of anilines is 1. The first-order valence-corrected chi connectivity index (χ1v) is 7.58. The Bertz CT molecular complexity index is 546. The van der Waals surface area contributed by atoms with E-state index in [-0.39, 0.29) is 5.03 Å². The Morgan fingerprint density at radius 1 is 1.37 bits per heavy atom. The number of hydrogen-bond acceptors (Lipinski definition) is 7. The molecule has 0 fully saturated rings. The first kappa shape index (κ1) is 14.1. The number of hydrogen-bond donors (Lipinski definition) is 1.